The van der Waals surface area contributed by atoms with Gasteiger partial charge in [0.05, 0.1) is 28.7 Å². The maximum absolute atomic E-state index is 11.2. The highest BCUT2D eigenvalue weighted by molar-refractivity contribution is 6.32. The number of esters is 1. The smallest absolute Gasteiger partial charge is 0.330 e. The highest BCUT2D eigenvalue weighted by atomic mass is 35.5. The maximum Gasteiger partial charge on any atom is 0.330 e. The van der Waals surface area contributed by atoms with E-state index < -0.39 is 10.9 Å². The van der Waals surface area contributed by atoms with Gasteiger partial charge in [0.2, 0.25) is 0 Å². The third-order valence-electron chi connectivity index (χ3n) is 2.26. The topological polar surface area (TPSA) is 78.7 Å². The average Bonchev–Trinajstić information content (AvgIpc) is 2.39. The van der Waals surface area contributed by atoms with Gasteiger partial charge in [0.15, 0.2) is 0 Å². The van der Waals surface area contributed by atoms with Crippen LogP contribution in [0.5, 0.6) is 5.75 Å². The normalized spacial score (nSPS) is 10.6. The van der Waals surface area contributed by atoms with E-state index in [2.05, 4.69) is 0 Å². The first-order valence-electron chi connectivity index (χ1n) is 5.95. The Hall–Kier alpha value is -2.08. The summed E-state index contributed by atoms with van der Waals surface area (Å²) in [5, 5.41) is 11.1. The monoisotopic (exact) mass is 299 g/mol. The zero-order valence-electron chi connectivity index (χ0n) is 11.1. The lowest BCUT2D eigenvalue weighted by atomic mass is 10.1. The van der Waals surface area contributed by atoms with Crippen molar-refractivity contribution < 1.29 is 19.2 Å². The van der Waals surface area contributed by atoms with Crippen LogP contribution in [0.25, 0.3) is 6.08 Å². The quantitative estimate of drug-likeness (QED) is 0.349. The molecule has 20 heavy (non-hydrogen) atoms. The van der Waals surface area contributed by atoms with Crippen LogP contribution in [-0.4, -0.2) is 24.1 Å². The number of carbonyl (C=O) groups excluding carboxylic acids is 1. The van der Waals surface area contributed by atoms with Gasteiger partial charge >= 0.3 is 5.97 Å². The third kappa shape index (κ3) is 4.24. The van der Waals surface area contributed by atoms with Crippen LogP contribution in [0.3, 0.4) is 0 Å². The van der Waals surface area contributed by atoms with Crippen molar-refractivity contribution in [3.63, 3.8) is 0 Å². The number of hydrogen-bond donors (Lipinski definition) is 0. The number of nitro benzene ring substituents is 1. The van der Waals surface area contributed by atoms with E-state index in [0.29, 0.717) is 12.4 Å². The first-order chi connectivity index (χ1) is 9.49. The predicted molar refractivity (Wildman–Crippen MR) is 74.9 cm³/mol. The van der Waals surface area contributed by atoms with Crippen molar-refractivity contribution in [3.8, 4) is 5.75 Å². The molecule has 0 aromatic heterocycles. The molecule has 0 amide bonds. The Bertz CT molecular complexity index is 542. The standard InChI is InChI=1S/C13H14ClNO5/c1-3-19-12-7-9(5-6-13(16)20-4-2)11(15(17)18)8-10(12)14/h5-8H,3-4H2,1-2H3. The minimum Gasteiger partial charge on any atom is -0.492 e. The third-order valence-corrected chi connectivity index (χ3v) is 2.56. The molecule has 0 heterocycles. The van der Waals surface area contributed by atoms with Crippen LogP contribution in [0.2, 0.25) is 5.02 Å². The van der Waals surface area contributed by atoms with Crippen molar-refractivity contribution in [2.24, 2.45) is 0 Å². The molecule has 1 aromatic rings. The van der Waals surface area contributed by atoms with Gasteiger partial charge in [-0.3, -0.25) is 10.1 Å². The number of hydrogen-bond acceptors (Lipinski definition) is 5. The summed E-state index contributed by atoms with van der Waals surface area (Å²) in [7, 11) is 0. The van der Waals surface area contributed by atoms with Crippen molar-refractivity contribution >= 4 is 29.3 Å². The van der Waals surface area contributed by atoms with Gasteiger partial charge < -0.3 is 9.47 Å². The lowest BCUT2D eigenvalue weighted by Gasteiger charge is -2.07. The number of halogens is 1. The summed E-state index contributed by atoms with van der Waals surface area (Å²) in [6, 6.07) is 2.61. The molecule has 7 heteroatoms. The van der Waals surface area contributed by atoms with E-state index >= 15 is 0 Å². The Kier molecular flexibility index (Phi) is 5.99. The van der Waals surface area contributed by atoms with Crippen LogP contribution in [0.15, 0.2) is 18.2 Å². The minimum atomic E-state index is -0.577. The summed E-state index contributed by atoms with van der Waals surface area (Å²) in [5.41, 5.74) is 0.00917. The van der Waals surface area contributed by atoms with Crippen molar-refractivity contribution in [3.05, 3.63) is 38.9 Å². The first-order valence-corrected chi connectivity index (χ1v) is 6.33. The molecule has 0 fully saturated rings. The number of nitro groups is 1. The lowest BCUT2D eigenvalue weighted by Crippen LogP contribution is -2.00. The summed E-state index contributed by atoms with van der Waals surface area (Å²) in [5.74, 6) is -0.252. The molecule has 0 radical (unpaired) electrons. The molecule has 0 atom stereocenters. The molecule has 6 nitrogen and oxygen atoms in total. The number of rotatable bonds is 6. The van der Waals surface area contributed by atoms with E-state index in [9.17, 15) is 14.9 Å². The fourth-order valence-electron chi connectivity index (χ4n) is 1.46. The molecule has 0 spiro atoms. The number of benzene rings is 1. The van der Waals surface area contributed by atoms with Gasteiger partial charge in [-0.05, 0) is 26.0 Å². The second-order valence-electron chi connectivity index (χ2n) is 3.62. The molecule has 0 unspecified atom stereocenters. The van der Waals surface area contributed by atoms with Crippen molar-refractivity contribution in [2.45, 2.75) is 13.8 Å². The maximum atomic E-state index is 11.2. The highest BCUT2D eigenvalue weighted by Crippen LogP contribution is 2.33. The fourth-order valence-corrected chi connectivity index (χ4v) is 1.68. The van der Waals surface area contributed by atoms with E-state index in [0.717, 1.165) is 6.08 Å². The van der Waals surface area contributed by atoms with Crippen LogP contribution in [-0.2, 0) is 9.53 Å². The van der Waals surface area contributed by atoms with Gasteiger partial charge in [-0.25, -0.2) is 4.79 Å². The molecular weight excluding hydrogens is 286 g/mol. The predicted octanol–water partition coefficient (Wildman–Crippen LogP) is 3.22. The van der Waals surface area contributed by atoms with E-state index in [4.69, 9.17) is 21.1 Å². The van der Waals surface area contributed by atoms with Gasteiger partial charge in [0.25, 0.3) is 5.69 Å². The summed E-state index contributed by atoms with van der Waals surface area (Å²) in [4.78, 5) is 21.6. The van der Waals surface area contributed by atoms with Crippen LogP contribution < -0.4 is 4.74 Å². The number of carbonyl (C=O) groups is 1. The second kappa shape index (κ2) is 7.49. The fraction of sp³-hybridized carbons (Fsp3) is 0.308. The molecule has 0 aliphatic carbocycles. The Morgan fingerprint density at radius 1 is 1.40 bits per heavy atom. The molecule has 0 saturated heterocycles. The molecule has 0 N–H and O–H groups in total. The van der Waals surface area contributed by atoms with Gasteiger partial charge in [-0.2, -0.15) is 0 Å². The van der Waals surface area contributed by atoms with Crippen molar-refractivity contribution in [1.82, 2.24) is 0 Å². The van der Waals surface area contributed by atoms with Crippen LogP contribution in [0.4, 0.5) is 5.69 Å². The van der Waals surface area contributed by atoms with Crippen LogP contribution in [0.1, 0.15) is 19.4 Å². The van der Waals surface area contributed by atoms with E-state index in [1.54, 1.807) is 13.8 Å². The van der Waals surface area contributed by atoms with Crippen LogP contribution in [0, 0.1) is 10.1 Å². The van der Waals surface area contributed by atoms with Crippen molar-refractivity contribution in [2.75, 3.05) is 13.2 Å². The lowest BCUT2D eigenvalue weighted by molar-refractivity contribution is -0.385. The molecule has 1 rings (SSSR count). The van der Waals surface area contributed by atoms with Gasteiger partial charge in [0.1, 0.15) is 5.75 Å². The largest absolute Gasteiger partial charge is 0.492 e. The molecule has 0 aliphatic rings. The molecule has 0 bridgehead atoms. The first kappa shape index (κ1) is 16.0. The average molecular weight is 300 g/mol. The summed E-state index contributed by atoms with van der Waals surface area (Å²) >= 11 is 5.89. The molecule has 0 saturated carbocycles. The number of nitrogens with zero attached hydrogens (tertiary/aromatic N) is 1. The summed E-state index contributed by atoms with van der Waals surface area (Å²) < 4.78 is 9.97. The Balaban J connectivity index is 3.17. The van der Waals surface area contributed by atoms with Gasteiger partial charge in [0, 0.05) is 12.1 Å². The summed E-state index contributed by atoms with van der Waals surface area (Å²) in [6.07, 6.45) is 2.42. The summed E-state index contributed by atoms with van der Waals surface area (Å²) in [6.45, 7) is 4.05. The van der Waals surface area contributed by atoms with E-state index in [1.807, 2.05) is 0 Å². The zero-order valence-corrected chi connectivity index (χ0v) is 11.8. The van der Waals surface area contributed by atoms with Crippen molar-refractivity contribution in [1.29, 1.82) is 0 Å². The Morgan fingerprint density at radius 3 is 2.65 bits per heavy atom. The molecular formula is C13H14ClNO5. The Labute approximate surface area is 121 Å². The van der Waals surface area contributed by atoms with Gasteiger partial charge in [-0.1, -0.05) is 11.6 Å². The van der Waals surface area contributed by atoms with Gasteiger partial charge in [-0.15, -0.1) is 0 Å². The molecule has 108 valence electrons. The number of ether oxygens (including phenoxy) is 2. The zero-order chi connectivity index (χ0) is 15.1. The Morgan fingerprint density at radius 2 is 2.10 bits per heavy atom. The highest BCUT2D eigenvalue weighted by Gasteiger charge is 2.16. The molecule has 0 aliphatic heterocycles. The molecule has 1 aromatic carbocycles. The SMILES string of the molecule is CCOC(=O)C=Cc1cc(OCC)c(Cl)cc1[N+](=O)[O-]. The minimum absolute atomic E-state index is 0.145. The second-order valence-corrected chi connectivity index (χ2v) is 4.02. The van der Waals surface area contributed by atoms with Crippen LogP contribution >= 0.6 is 11.6 Å². The van der Waals surface area contributed by atoms with E-state index in [-0.39, 0.29) is 22.9 Å². The van der Waals surface area contributed by atoms with E-state index in [1.165, 1.54) is 18.2 Å².